The molecule has 0 aliphatic heterocycles. The number of carbonyl (C=O) groups excluding carboxylic acids is 1. The molecular weight excluding hydrogens is 208 g/mol. The fourth-order valence-electron chi connectivity index (χ4n) is 1.20. The van der Waals surface area contributed by atoms with Crippen LogP contribution in [0, 0.1) is 0 Å². The monoisotopic (exact) mass is 230 g/mol. The van der Waals surface area contributed by atoms with Gasteiger partial charge in [0.15, 0.2) is 0 Å². The van der Waals surface area contributed by atoms with Gasteiger partial charge in [0.1, 0.15) is 6.04 Å². The molecule has 0 bridgehead atoms. The molecule has 0 aliphatic rings. The summed E-state index contributed by atoms with van der Waals surface area (Å²) in [7, 11) is 0. The molecule has 0 aliphatic carbocycles. The van der Waals surface area contributed by atoms with Crippen LogP contribution >= 0.6 is 0 Å². The molecule has 0 saturated heterocycles. The van der Waals surface area contributed by atoms with Crippen molar-refractivity contribution in [1.82, 2.24) is 10.6 Å². The normalized spacial score (nSPS) is 14.2. The van der Waals surface area contributed by atoms with Crippen LogP contribution in [0.5, 0.6) is 0 Å². The zero-order valence-corrected chi connectivity index (χ0v) is 10.2. The molecule has 2 atom stereocenters. The van der Waals surface area contributed by atoms with Gasteiger partial charge in [-0.1, -0.05) is 20.3 Å². The van der Waals surface area contributed by atoms with Gasteiger partial charge in [0.05, 0.1) is 6.54 Å². The molecule has 0 fully saturated rings. The van der Waals surface area contributed by atoms with E-state index in [1.807, 2.05) is 20.8 Å². The average Bonchev–Trinajstić information content (AvgIpc) is 2.25. The van der Waals surface area contributed by atoms with Gasteiger partial charge >= 0.3 is 5.97 Å². The van der Waals surface area contributed by atoms with E-state index in [0.29, 0.717) is 6.42 Å². The van der Waals surface area contributed by atoms with E-state index in [2.05, 4.69) is 10.6 Å². The highest BCUT2D eigenvalue weighted by Gasteiger charge is 2.18. The van der Waals surface area contributed by atoms with E-state index in [-0.39, 0.29) is 18.5 Å². The van der Waals surface area contributed by atoms with E-state index in [1.54, 1.807) is 0 Å². The minimum Gasteiger partial charge on any atom is -0.480 e. The van der Waals surface area contributed by atoms with Gasteiger partial charge in [0.25, 0.3) is 0 Å². The van der Waals surface area contributed by atoms with Gasteiger partial charge in [-0.2, -0.15) is 0 Å². The Hall–Kier alpha value is -1.10. The van der Waals surface area contributed by atoms with Gasteiger partial charge in [-0.3, -0.25) is 4.79 Å². The van der Waals surface area contributed by atoms with Crippen molar-refractivity contribution in [1.29, 1.82) is 0 Å². The van der Waals surface area contributed by atoms with E-state index in [0.717, 1.165) is 12.8 Å². The first-order chi connectivity index (χ1) is 7.51. The molecule has 1 amide bonds. The maximum atomic E-state index is 11.4. The summed E-state index contributed by atoms with van der Waals surface area (Å²) in [5.74, 6) is -1.24. The fraction of sp³-hybridized carbons (Fsp3) is 0.818. The zero-order chi connectivity index (χ0) is 12.6. The van der Waals surface area contributed by atoms with E-state index >= 15 is 0 Å². The van der Waals surface area contributed by atoms with Crippen molar-refractivity contribution >= 4 is 11.9 Å². The lowest BCUT2D eigenvalue weighted by Crippen LogP contribution is -2.45. The highest BCUT2D eigenvalue weighted by atomic mass is 16.4. The van der Waals surface area contributed by atoms with Gasteiger partial charge in [-0.15, -0.1) is 0 Å². The molecule has 0 saturated carbocycles. The predicted molar refractivity (Wildman–Crippen MR) is 62.2 cm³/mol. The van der Waals surface area contributed by atoms with Crippen LogP contribution in [0.25, 0.3) is 0 Å². The van der Waals surface area contributed by atoms with E-state index in [9.17, 15) is 9.59 Å². The van der Waals surface area contributed by atoms with Crippen LogP contribution in [0.4, 0.5) is 0 Å². The van der Waals surface area contributed by atoms with Crippen LogP contribution in [0.1, 0.15) is 40.0 Å². The van der Waals surface area contributed by atoms with E-state index in [4.69, 9.17) is 5.11 Å². The lowest BCUT2D eigenvalue weighted by atomic mass is 10.1. The Balaban J connectivity index is 3.95. The number of carboxylic acids is 1. The summed E-state index contributed by atoms with van der Waals surface area (Å²) < 4.78 is 0. The lowest BCUT2D eigenvalue weighted by Gasteiger charge is -2.15. The molecule has 0 aromatic heterocycles. The summed E-state index contributed by atoms with van der Waals surface area (Å²) >= 11 is 0. The van der Waals surface area contributed by atoms with Crippen LogP contribution in [-0.2, 0) is 9.59 Å². The Labute approximate surface area is 96.6 Å². The van der Waals surface area contributed by atoms with Crippen LogP contribution in [0.3, 0.4) is 0 Å². The molecule has 0 aromatic rings. The van der Waals surface area contributed by atoms with Gasteiger partial charge in [0.2, 0.25) is 5.91 Å². The highest BCUT2D eigenvalue weighted by molar-refractivity contribution is 5.84. The summed E-state index contributed by atoms with van der Waals surface area (Å²) in [5.41, 5.74) is 0. The lowest BCUT2D eigenvalue weighted by molar-refractivity contribution is -0.141. The largest absolute Gasteiger partial charge is 0.480 e. The second-order valence-corrected chi connectivity index (χ2v) is 3.94. The van der Waals surface area contributed by atoms with Crippen molar-refractivity contribution in [3.8, 4) is 0 Å². The molecular formula is C11H22N2O3. The Morgan fingerprint density at radius 1 is 1.31 bits per heavy atom. The van der Waals surface area contributed by atoms with Gasteiger partial charge in [0, 0.05) is 6.04 Å². The number of nitrogens with one attached hydrogen (secondary N) is 2. The number of amides is 1. The molecule has 3 N–H and O–H groups in total. The summed E-state index contributed by atoms with van der Waals surface area (Å²) in [6.07, 6.45) is 2.13. The van der Waals surface area contributed by atoms with Gasteiger partial charge in [-0.05, 0) is 19.8 Å². The molecule has 0 radical (unpaired) electrons. The minimum absolute atomic E-state index is 0.169. The smallest absolute Gasteiger partial charge is 0.326 e. The maximum Gasteiger partial charge on any atom is 0.326 e. The molecule has 0 heterocycles. The molecule has 5 heteroatoms. The topological polar surface area (TPSA) is 78.4 Å². The number of rotatable bonds is 8. The highest BCUT2D eigenvalue weighted by Crippen LogP contribution is 1.96. The molecule has 0 aromatic carbocycles. The first-order valence-electron chi connectivity index (χ1n) is 5.76. The summed E-state index contributed by atoms with van der Waals surface area (Å²) in [6.45, 7) is 6.06. The third-order valence-corrected chi connectivity index (χ3v) is 2.43. The Morgan fingerprint density at radius 3 is 2.38 bits per heavy atom. The fourth-order valence-corrected chi connectivity index (χ4v) is 1.20. The van der Waals surface area contributed by atoms with Crippen molar-refractivity contribution in [2.75, 3.05) is 6.54 Å². The second kappa shape index (κ2) is 8.10. The number of carbonyl (C=O) groups is 2. The number of carboxylic acid groups (broad SMARTS) is 1. The second-order valence-electron chi connectivity index (χ2n) is 3.94. The number of hydrogen-bond acceptors (Lipinski definition) is 3. The Morgan fingerprint density at radius 2 is 1.94 bits per heavy atom. The minimum atomic E-state index is -0.973. The van der Waals surface area contributed by atoms with Crippen molar-refractivity contribution < 1.29 is 14.7 Å². The number of aliphatic carboxylic acids is 1. The van der Waals surface area contributed by atoms with Crippen LogP contribution in [0.2, 0.25) is 0 Å². The zero-order valence-electron chi connectivity index (χ0n) is 10.2. The van der Waals surface area contributed by atoms with Crippen LogP contribution < -0.4 is 10.6 Å². The first-order valence-corrected chi connectivity index (χ1v) is 5.76. The van der Waals surface area contributed by atoms with Gasteiger partial charge in [-0.25, -0.2) is 4.79 Å². The first kappa shape index (κ1) is 14.9. The van der Waals surface area contributed by atoms with E-state index < -0.39 is 12.0 Å². The van der Waals surface area contributed by atoms with Crippen molar-refractivity contribution in [3.05, 3.63) is 0 Å². The van der Waals surface area contributed by atoms with E-state index in [1.165, 1.54) is 0 Å². The Bertz CT molecular complexity index is 231. The van der Waals surface area contributed by atoms with Crippen LogP contribution in [-0.4, -0.2) is 35.6 Å². The maximum absolute atomic E-state index is 11.4. The molecule has 94 valence electrons. The molecule has 5 nitrogen and oxygen atoms in total. The average molecular weight is 230 g/mol. The van der Waals surface area contributed by atoms with Crippen molar-refractivity contribution in [2.24, 2.45) is 0 Å². The quantitative estimate of drug-likeness (QED) is 0.575. The third-order valence-electron chi connectivity index (χ3n) is 2.43. The standard InChI is InChI=1S/C11H22N2O3/c1-4-6-9(11(15)16)13-10(14)7-12-8(3)5-2/h8-9,12H,4-7H2,1-3H3,(H,13,14)(H,15,16). The molecule has 0 spiro atoms. The molecule has 16 heavy (non-hydrogen) atoms. The molecule has 2 unspecified atom stereocenters. The Kier molecular flexibility index (Phi) is 7.54. The van der Waals surface area contributed by atoms with Crippen molar-refractivity contribution in [2.45, 2.75) is 52.1 Å². The SMILES string of the molecule is CCCC(NC(=O)CNC(C)CC)C(=O)O. The summed E-state index contributed by atoms with van der Waals surface area (Å²) in [5, 5.41) is 14.4. The van der Waals surface area contributed by atoms with Crippen LogP contribution in [0.15, 0.2) is 0 Å². The van der Waals surface area contributed by atoms with Gasteiger partial charge < -0.3 is 15.7 Å². The summed E-state index contributed by atoms with van der Waals surface area (Å²) in [6, 6.07) is -0.503. The third kappa shape index (κ3) is 6.40. The number of hydrogen-bond donors (Lipinski definition) is 3. The summed E-state index contributed by atoms with van der Waals surface area (Å²) in [4.78, 5) is 22.2. The van der Waals surface area contributed by atoms with Crippen molar-refractivity contribution in [3.63, 3.8) is 0 Å². The molecule has 0 rings (SSSR count). The predicted octanol–water partition coefficient (Wildman–Crippen LogP) is 0.744.